The Balaban J connectivity index is 1.90. The molecule has 1 amide bonds. The second-order valence-corrected chi connectivity index (χ2v) is 7.05. The van der Waals surface area contributed by atoms with E-state index in [4.69, 9.17) is 4.42 Å². The van der Waals surface area contributed by atoms with Gasteiger partial charge in [-0.05, 0) is 32.0 Å². The number of methoxy groups -OCH3 is 1. The number of ether oxygens (including phenoxy) is 1. The van der Waals surface area contributed by atoms with Crippen molar-refractivity contribution in [3.05, 3.63) is 45.0 Å². The molecule has 2 aromatic rings. The first-order valence-electron chi connectivity index (χ1n) is 7.83. The van der Waals surface area contributed by atoms with Gasteiger partial charge in [0.1, 0.15) is 17.1 Å². The van der Waals surface area contributed by atoms with Crippen LogP contribution < -0.4 is 0 Å². The molecule has 0 aliphatic heterocycles. The van der Waals surface area contributed by atoms with E-state index in [2.05, 4.69) is 4.74 Å². The van der Waals surface area contributed by atoms with E-state index in [0.717, 1.165) is 4.88 Å². The second-order valence-electron chi connectivity index (χ2n) is 5.76. The molecule has 0 fully saturated rings. The molecule has 0 radical (unpaired) electrons. The third kappa shape index (κ3) is 4.79. The van der Waals surface area contributed by atoms with Crippen LogP contribution in [0.15, 0.2) is 22.6 Å². The minimum atomic E-state index is -0.474. The summed E-state index contributed by atoms with van der Waals surface area (Å²) in [5.41, 5.74) is 0.349. The maximum absolute atomic E-state index is 12.2. The maximum Gasteiger partial charge on any atom is 0.341 e. The van der Waals surface area contributed by atoms with Crippen LogP contribution in [0.5, 0.6) is 0 Å². The maximum atomic E-state index is 12.2. The van der Waals surface area contributed by atoms with Gasteiger partial charge in [-0.2, -0.15) is 0 Å². The quantitative estimate of drug-likeness (QED) is 0.557. The van der Waals surface area contributed by atoms with E-state index in [1.165, 1.54) is 23.3 Å². The van der Waals surface area contributed by atoms with Crippen LogP contribution >= 0.6 is 11.3 Å². The average molecular weight is 363 g/mol. The Kier molecular flexibility index (Phi) is 6.14. The fourth-order valence-corrected chi connectivity index (χ4v) is 3.21. The van der Waals surface area contributed by atoms with Gasteiger partial charge in [-0.15, -0.1) is 11.3 Å². The van der Waals surface area contributed by atoms with Crippen LogP contribution in [0.1, 0.15) is 49.3 Å². The molecule has 2 heterocycles. The van der Waals surface area contributed by atoms with Crippen LogP contribution in [0.2, 0.25) is 0 Å². The van der Waals surface area contributed by atoms with E-state index < -0.39 is 5.97 Å². The number of thiophene rings is 1. The molecule has 0 N–H and O–H groups in total. The van der Waals surface area contributed by atoms with Crippen molar-refractivity contribution >= 4 is 29.0 Å². The number of carbonyl (C=O) groups excluding carboxylic acids is 3. The molecule has 2 rings (SSSR count). The van der Waals surface area contributed by atoms with Gasteiger partial charge < -0.3 is 14.1 Å². The highest BCUT2D eigenvalue weighted by molar-refractivity contribution is 7.14. The van der Waals surface area contributed by atoms with Gasteiger partial charge in [-0.25, -0.2) is 4.79 Å². The molecule has 0 aliphatic rings. The molecule has 0 aromatic carbocycles. The number of Topliss-reactive ketones (excluding diaryl/α,β-unsaturated/α-hetero) is 1. The molecule has 0 unspecified atom stereocenters. The number of nitrogens with zero attached hydrogens (tertiary/aromatic N) is 1. The van der Waals surface area contributed by atoms with Crippen molar-refractivity contribution in [2.24, 2.45) is 0 Å². The van der Waals surface area contributed by atoms with Crippen molar-refractivity contribution in [3.63, 3.8) is 0 Å². The smallest absolute Gasteiger partial charge is 0.341 e. The number of esters is 1. The number of hydrogen-bond acceptors (Lipinski definition) is 6. The van der Waals surface area contributed by atoms with E-state index in [9.17, 15) is 14.4 Å². The highest BCUT2D eigenvalue weighted by Crippen LogP contribution is 2.19. The monoisotopic (exact) mass is 363 g/mol. The van der Waals surface area contributed by atoms with Crippen LogP contribution in [0.4, 0.5) is 0 Å². The van der Waals surface area contributed by atoms with E-state index >= 15 is 0 Å². The van der Waals surface area contributed by atoms with Gasteiger partial charge in [0.15, 0.2) is 5.78 Å². The van der Waals surface area contributed by atoms with Gasteiger partial charge in [0.2, 0.25) is 5.91 Å². The first-order chi connectivity index (χ1) is 11.8. The molecule has 6 nitrogen and oxygen atoms in total. The number of hydrogen-bond donors (Lipinski definition) is 0. The summed E-state index contributed by atoms with van der Waals surface area (Å²) >= 11 is 1.43. The molecule has 0 saturated heterocycles. The third-order valence-corrected chi connectivity index (χ3v) is 4.82. The van der Waals surface area contributed by atoms with Crippen LogP contribution in [-0.4, -0.2) is 36.7 Å². The number of carbonyl (C=O) groups is 3. The largest absolute Gasteiger partial charge is 0.465 e. The Bertz CT molecular complexity index is 789. The van der Waals surface area contributed by atoms with Gasteiger partial charge >= 0.3 is 5.97 Å². The predicted molar refractivity (Wildman–Crippen MR) is 93.9 cm³/mol. The Labute approximate surface area is 150 Å². The zero-order chi connectivity index (χ0) is 18.6. The number of ketones is 1. The van der Waals surface area contributed by atoms with Gasteiger partial charge in [0.05, 0.1) is 18.5 Å². The molecular formula is C18H21NO5S. The molecular weight excluding hydrogens is 342 g/mol. The third-order valence-electron chi connectivity index (χ3n) is 3.77. The van der Waals surface area contributed by atoms with Crippen LogP contribution in [0, 0.1) is 13.8 Å². The average Bonchev–Trinajstić information content (AvgIpc) is 3.17. The van der Waals surface area contributed by atoms with E-state index in [1.807, 2.05) is 13.0 Å². The minimum Gasteiger partial charge on any atom is -0.465 e. The summed E-state index contributed by atoms with van der Waals surface area (Å²) in [6.45, 7) is 3.83. The first kappa shape index (κ1) is 18.9. The van der Waals surface area contributed by atoms with Crippen LogP contribution in [-0.2, 0) is 16.1 Å². The van der Waals surface area contributed by atoms with Gasteiger partial charge in [-0.1, -0.05) is 0 Å². The lowest BCUT2D eigenvalue weighted by Gasteiger charge is -2.15. The standard InChI is InChI=1S/C18H21NO5S/c1-11-5-7-16(25-11)15(20)6-8-17(21)19(3)10-13-9-14(12(2)24-13)18(22)23-4/h5,7,9H,6,8,10H2,1-4H3. The molecule has 0 saturated carbocycles. The fraction of sp³-hybridized carbons (Fsp3) is 0.389. The second kappa shape index (κ2) is 8.11. The van der Waals surface area contributed by atoms with Crippen molar-refractivity contribution in [1.82, 2.24) is 4.90 Å². The number of amides is 1. The van der Waals surface area contributed by atoms with Crippen LogP contribution in [0.25, 0.3) is 0 Å². The van der Waals surface area contributed by atoms with Crippen molar-refractivity contribution in [2.45, 2.75) is 33.2 Å². The Hall–Kier alpha value is -2.41. The van der Waals surface area contributed by atoms with Crippen LogP contribution in [0.3, 0.4) is 0 Å². The summed E-state index contributed by atoms with van der Waals surface area (Å²) in [7, 11) is 2.94. The fourth-order valence-electron chi connectivity index (χ4n) is 2.38. The minimum absolute atomic E-state index is 0.0262. The Morgan fingerprint density at radius 1 is 1.20 bits per heavy atom. The Morgan fingerprint density at radius 3 is 2.52 bits per heavy atom. The number of rotatable bonds is 7. The number of aryl methyl sites for hydroxylation is 2. The summed E-state index contributed by atoms with van der Waals surface area (Å²) in [5, 5.41) is 0. The predicted octanol–water partition coefficient (Wildman–Crippen LogP) is 3.37. The first-order valence-corrected chi connectivity index (χ1v) is 8.64. The molecule has 2 aromatic heterocycles. The molecule has 0 bridgehead atoms. The molecule has 0 aliphatic carbocycles. The van der Waals surface area contributed by atoms with E-state index in [1.54, 1.807) is 26.1 Å². The highest BCUT2D eigenvalue weighted by Gasteiger charge is 2.19. The van der Waals surface area contributed by atoms with Gasteiger partial charge in [-0.3, -0.25) is 9.59 Å². The van der Waals surface area contributed by atoms with Crippen molar-refractivity contribution < 1.29 is 23.5 Å². The zero-order valence-corrected chi connectivity index (χ0v) is 15.6. The van der Waals surface area contributed by atoms with Gasteiger partial charge in [0.25, 0.3) is 0 Å². The van der Waals surface area contributed by atoms with Crippen molar-refractivity contribution in [3.8, 4) is 0 Å². The lowest BCUT2D eigenvalue weighted by molar-refractivity contribution is -0.130. The van der Waals surface area contributed by atoms with Crippen molar-refractivity contribution in [2.75, 3.05) is 14.2 Å². The Morgan fingerprint density at radius 2 is 1.92 bits per heavy atom. The molecule has 0 spiro atoms. The lowest BCUT2D eigenvalue weighted by atomic mass is 10.2. The molecule has 0 atom stereocenters. The molecule has 134 valence electrons. The van der Waals surface area contributed by atoms with E-state index in [0.29, 0.717) is 22.0 Å². The van der Waals surface area contributed by atoms with Gasteiger partial charge in [0, 0.05) is 24.8 Å². The summed E-state index contributed by atoms with van der Waals surface area (Å²) in [6, 6.07) is 5.25. The number of furan rings is 1. The topological polar surface area (TPSA) is 76.8 Å². The zero-order valence-electron chi connectivity index (χ0n) is 14.8. The summed E-state index contributed by atoms with van der Waals surface area (Å²) in [6.07, 6.45) is 0.309. The van der Waals surface area contributed by atoms with E-state index in [-0.39, 0.29) is 31.1 Å². The summed E-state index contributed by atoms with van der Waals surface area (Å²) < 4.78 is 10.2. The van der Waals surface area contributed by atoms with Crippen molar-refractivity contribution in [1.29, 1.82) is 0 Å². The SMILES string of the molecule is COC(=O)c1cc(CN(C)C(=O)CCC(=O)c2ccc(C)s2)oc1C. The molecule has 25 heavy (non-hydrogen) atoms. The molecule has 7 heteroatoms. The highest BCUT2D eigenvalue weighted by atomic mass is 32.1. The summed E-state index contributed by atoms with van der Waals surface area (Å²) in [5.74, 6) is 0.287. The summed E-state index contributed by atoms with van der Waals surface area (Å²) in [4.78, 5) is 39.1. The normalized spacial score (nSPS) is 10.6. The lowest BCUT2D eigenvalue weighted by Crippen LogP contribution is -2.26.